The molecule has 0 aliphatic rings. The Morgan fingerprint density at radius 2 is 2.19 bits per heavy atom. The van der Waals surface area contributed by atoms with Gasteiger partial charge in [-0.2, -0.15) is 4.98 Å². The lowest BCUT2D eigenvalue weighted by atomic mass is 10.1. The van der Waals surface area contributed by atoms with E-state index in [-0.39, 0.29) is 5.56 Å². The Balaban J connectivity index is 2.14. The summed E-state index contributed by atoms with van der Waals surface area (Å²) in [5, 5.41) is 12.1. The van der Waals surface area contributed by atoms with E-state index in [1.165, 1.54) is 0 Å². The lowest BCUT2D eigenvalue weighted by molar-refractivity contribution is 0.0696. The summed E-state index contributed by atoms with van der Waals surface area (Å²) in [5.41, 5.74) is 1.71. The van der Waals surface area contributed by atoms with Gasteiger partial charge in [0.1, 0.15) is 0 Å². The van der Waals surface area contributed by atoms with Crippen LogP contribution in [0.2, 0.25) is 0 Å². The Labute approximate surface area is 122 Å². The Hall–Kier alpha value is -2.63. The van der Waals surface area contributed by atoms with E-state index in [9.17, 15) is 4.79 Å². The van der Waals surface area contributed by atoms with Crippen molar-refractivity contribution in [2.45, 2.75) is 20.3 Å². The van der Waals surface area contributed by atoms with Crippen LogP contribution in [0.15, 0.2) is 30.6 Å². The summed E-state index contributed by atoms with van der Waals surface area (Å²) in [6.07, 6.45) is 4.04. The van der Waals surface area contributed by atoms with E-state index in [1.54, 1.807) is 37.5 Å². The lowest BCUT2D eigenvalue weighted by Gasteiger charge is -2.09. The molecule has 0 amide bonds. The SMILES string of the molecule is CCCOc1cncc(Nc2ccc(C(=O)O)c(C)c2)n1. The molecule has 0 fully saturated rings. The number of ether oxygens (including phenoxy) is 1. The summed E-state index contributed by atoms with van der Waals surface area (Å²) in [6, 6.07) is 5.01. The summed E-state index contributed by atoms with van der Waals surface area (Å²) < 4.78 is 5.42. The predicted molar refractivity (Wildman–Crippen MR) is 79.2 cm³/mol. The van der Waals surface area contributed by atoms with Crippen LogP contribution in [-0.4, -0.2) is 27.7 Å². The van der Waals surface area contributed by atoms with Gasteiger partial charge in [0.15, 0.2) is 5.82 Å². The summed E-state index contributed by atoms with van der Waals surface area (Å²) >= 11 is 0. The van der Waals surface area contributed by atoms with Crippen LogP contribution >= 0.6 is 0 Å². The highest BCUT2D eigenvalue weighted by Crippen LogP contribution is 2.19. The molecule has 0 saturated heterocycles. The largest absolute Gasteiger partial charge is 0.478 e. The first-order valence-corrected chi connectivity index (χ1v) is 6.66. The van der Waals surface area contributed by atoms with Crippen molar-refractivity contribution in [2.75, 3.05) is 11.9 Å². The van der Waals surface area contributed by atoms with Crippen molar-refractivity contribution in [3.05, 3.63) is 41.7 Å². The minimum absolute atomic E-state index is 0.284. The molecule has 21 heavy (non-hydrogen) atoms. The van der Waals surface area contributed by atoms with Gasteiger partial charge in [0, 0.05) is 5.69 Å². The van der Waals surface area contributed by atoms with Gasteiger partial charge >= 0.3 is 5.97 Å². The van der Waals surface area contributed by atoms with E-state index in [0.717, 1.165) is 12.1 Å². The second kappa shape index (κ2) is 6.69. The molecule has 0 saturated carbocycles. The van der Waals surface area contributed by atoms with Gasteiger partial charge in [-0.15, -0.1) is 0 Å². The second-order valence-corrected chi connectivity index (χ2v) is 4.55. The van der Waals surface area contributed by atoms with E-state index in [0.29, 0.717) is 23.9 Å². The van der Waals surface area contributed by atoms with Crippen LogP contribution in [0, 0.1) is 6.92 Å². The van der Waals surface area contributed by atoms with E-state index in [2.05, 4.69) is 15.3 Å². The summed E-state index contributed by atoms with van der Waals surface area (Å²) in [7, 11) is 0. The topological polar surface area (TPSA) is 84.3 Å². The number of benzene rings is 1. The molecular weight excluding hydrogens is 270 g/mol. The van der Waals surface area contributed by atoms with Crippen molar-refractivity contribution in [2.24, 2.45) is 0 Å². The van der Waals surface area contributed by atoms with Crippen molar-refractivity contribution < 1.29 is 14.6 Å². The molecule has 1 aromatic heterocycles. The van der Waals surface area contributed by atoms with Crippen molar-refractivity contribution in [1.82, 2.24) is 9.97 Å². The number of carbonyl (C=O) groups is 1. The average Bonchev–Trinajstić information content (AvgIpc) is 2.45. The molecule has 0 unspecified atom stereocenters. The van der Waals surface area contributed by atoms with Crippen LogP contribution < -0.4 is 10.1 Å². The number of rotatable bonds is 6. The molecule has 2 N–H and O–H groups in total. The number of nitrogens with zero attached hydrogens (tertiary/aromatic N) is 2. The fourth-order valence-corrected chi connectivity index (χ4v) is 1.81. The number of aromatic nitrogens is 2. The van der Waals surface area contributed by atoms with Gasteiger partial charge in [-0.1, -0.05) is 6.92 Å². The zero-order valence-corrected chi connectivity index (χ0v) is 12.0. The first-order valence-electron chi connectivity index (χ1n) is 6.66. The quantitative estimate of drug-likeness (QED) is 0.849. The second-order valence-electron chi connectivity index (χ2n) is 4.55. The number of aromatic carboxylic acids is 1. The number of hydrogen-bond donors (Lipinski definition) is 2. The van der Waals surface area contributed by atoms with Crippen molar-refractivity contribution in [1.29, 1.82) is 0 Å². The van der Waals surface area contributed by atoms with Crippen LogP contribution in [0.4, 0.5) is 11.5 Å². The Morgan fingerprint density at radius 3 is 2.86 bits per heavy atom. The van der Waals surface area contributed by atoms with Crippen LogP contribution in [0.3, 0.4) is 0 Å². The van der Waals surface area contributed by atoms with Crippen molar-refractivity contribution in [3.63, 3.8) is 0 Å². The lowest BCUT2D eigenvalue weighted by Crippen LogP contribution is -2.02. The Morgan fingerprint density at radius 1 is 1.38 bits per heavy atom. The molecular formula is C15H17N3O3. The van der Waals surface area contributed by atoms with Crippen molar-refractivity contribution in [3.8, 4) is 5.88 Å². The molecule has 1 aromatic carbocycles. The number of hydrogen-bond acceptors (Lipinski definition) is 5. The summed E-state index contributed by atoms with van der Waals surface area (Å²) in [6.45, 7) is 4.36. The molecule has 0 aliphatic carbocycles. The van der Waals surface area contributed by atoms with Crippen LogP contribution in [0.25, 0.3) is 0 Å². The third-order valence-corrected chi connectivity index (χ3v) is 2.80. The zero-order chi connectivity index (χ0) is 15.2. The molecule has 0 atom stereocenters. The highest BCUT2D eigenvalue weighted by Gasteiger charge is 2.08. The molecule has 6 heteroatoms. The normalized spacial score (nSPS) is 10.2. The van der Waals surface area contributed by atoms with Gasteiger partial charge < -0.3 is 15.2 Å². The fraction of sp³-hybridized carbons (Fsp3) is 0.267. The first-order chi connectivity index (χ1) is 10.1. The van der Waals surface area contributed by atoms with E-state index in [4.69, 9.17) is 9.84 Å². The molecule has 2 aromatic rings. The van der Waals surface area contributed by atoms with E-state index in [1.807, 2.05) is 6.92 Å². The smallest absolute Gasteiger partial charge is 0.335 e. The standard InChI is InChI=1S/C15H17N3O3/c1-3-6-21-14-9-16-8-13(18-14)17-11-4-5-12(15(19)20)10(2)7-11/h4-5,7-9H,3,6H2,1-2H3,(H,17,18)(H,19,20). The molecule has 0 spiro atoms. The Kier molecular flexibility index (Phi) is 4.71. The van der Waals surface area contributed by atoms with Gasteiger partial charge in [-0.05, 0) is 37.1 Å². The summed E-state index contributed by atoms with van der Waals surface area (Å²) in [5.74, 6) is 0.0700. The Bertz CT molecular complexity index is 644. The van der Waals surface area contributed by atoms with Crippen LogP contribution in [0.5, 0.6) is 5.88 Å². The number of anilines is 2. The average molecular weight is 287 g/mol. The molecule has 0 aliphatic heterocycles. The van der Waals surface area contributed by atoms with Gasteiger partial charge in [-0.25, -0.2) is 4.79 Å². The van der Waals surface area contributed by atoms with Gasteiger partial charge in [0.05, 0.1) is 24.6 Å². The molecule has 1 heterocycles. The third-order valence-electron chi connectivity index (χ3n) is 2.80. The monoisotopic (exact) mass is 287 g/mol. The van der Waals surface area contributed by atoms with E-state index < -0.39 is 5.97 Å². The number of aryl methyl sites for hydroxylation is 1. The number of carboxylic acids is 1. The molecule has 0 radical (unpaired) electrons. The number of nitrogens with one attached hydrogen (secondary N) is 1. The summed E-state index contributed by atoms with van der Waals surface area (Å²) in [4.78, 5) is 19.3. The molecule has 110 valence electrons. The zero-order valence-electron chi connectivity index (χ0n) is 12.0. The van der Waals surface area contributed by atoms with Gasteiger partial charge in [0.25, 0.3) is 0 Å². The highest BCUT2D eigenvalue weighted by molar-refractivity contribution is 5.90. The van der Waals surface area contributed by atoms with Crippen molar-refractivity contribution >= 4 is 17.5 Å². The maximum Gasteiger partial charge on any atom is 0.335 e. The molecule has 2 rings (SSSR count). The number of carboxylic acid groups (broad SMARTS) is 1. The van der Waals surface area contributed by atoms with E-state index >= 15 is 0 Å². The first kappa shape index (κ1) is 14.8. The van der Waals surface area contributed by atoms with Gasteiger partial charge in [0.2, 0.25) is 5.88 Å². The third kappa shape index (κ3) is 3.92. The maximum absolute atomic E-state index is 11.0. The highest BCUT2D eigenvalue weighted by atomic mass is 16.5. The van der Waals surface area contributed by atoms with Gasteiger partial charge in [-0.3, -0.25) is 4.98 Å². The minimum atomic E-state index is -0.936. The van der Waals surface area contributed by atoms with Crippen LogP contribution in [0.1, 0.15) is 29.3 Å². The van der Waals surface area contributed by atoms with Crippen LogP contribution in [-0.2, 0) is 0 Å². The predicted octanol–water partition coefficient (Wildman–Crippen LogP) is 3.02. The molecule has 6 nitrogen and oxygen atoms in total. The maximum atomic E-state index is 11.0. The fourth-order valence-electron chi connectivity index (χ4n) is 1.81. The minimum Gasteiger partial charge on any atom is -0.478 e. The molecule has 0 bridgehead atoms.